The monoisotopic (exact) mass is 354 g/mol. The molecule has 1 heterocycles. The molecule has 0 aliphatic carbocycles. The van der Waals surface area contributed by atoms with E-state index in [1.807, 2.05) is 10.7 Å². The number of nitrogens with one attached hydrogen (secondary N) is 1. The lowest BCUT2D eigenvalue weighted by molar-refractivity contribution is 0.512. The molecular formula is C15H20BrFN4. The third-order valence-corrected chi connectivity index (χ3v) is 3.94. The van der Waals surface area contributed by atoms with Crippen molar-refractivity contribution in [3.8, 4) is 0 Å². The summed E-state index contributed by atoms with van der Waals surface area (Å²) < 4.78 is 16.2. The maximum atomic E-state index is 13.6. The van der Waals surface area contributed by atoms with Crippen molar-refractivity contribution in [3.05, 3.63) is 51.5 Å². The molecule has 1 aromatic heterocycles. The van der Waals surface area contributed by atoms with Gasteiger partial charge in [-0.2, -0.15) is 5.10 Å². The zero-order valence-corrected chi connectivity index (χ0v) is 13.8. The molecule has 3 N–H and O–H groups in total. The first-order valence-electron chi connectivity index (χ1n) is 7.05. The number of halogens is 2. The van der Waals surface area contributed by atoms with Gasteiger partial charge in [-0.15, -0.1) is 0 Å². The molecule has 0 saturated heterocycles. The molecule has 1 atom stereocenters. The molecular weight excluding hydrogens is 335 g/mol. The van der Waals surface area contributed by atoms with E-state index in [9.17, 15) is 4.39 Å². The topological polar surface area (TPSA) is 55.9 Å². The van der Waals surface area contributed by atoms with Crippen LogP contribution in [-0.2, 0) is 19.4 Å². The second kappa shape index (κ2) is 7.15. The summed E-state index contributed by atoms with van der Waals surface area (Å²) in [6.45, 7) is 4.94. The number of hydrazine groups is 1. The summed E-state index contributed by atoms with van der Waals surface area (Å²) in [4.78, 5) is 0. The Labute approximate surface area is 132 Å². The van der Waals surface area contributed by atoms with Crippen LogP contribution in [-0.4, -0.2) is 9.78 Å². The van der Waals surface area contributed by atoms with Crippen molar-refractivity contribution in [1.82, 2.24) is 15.2 Å². The predicted molar refractivity (Wildman–Crippen MR) is 85.1 cm³/mol. The van der Waals surface area contributed by atoms with E-state index in [4.69, 9.17) is 5.84 Å². The second-order valence-corrected chi connectivity index (χ2v) is 5.84. The van der Waals surface area contributed by atoms with Crippen molar-refractivity contribution >= 4 is 15.9 Å². The third kappa shape index (κ3) is 3.90. The number of rotatable bonds is 6. The van der Waals surface area contributed by atoms with Gasteiger partial charge in [0.1, 0.15) is 5.82 Å². The average Bonchev–Trinajstić information content (AvgIpc) is 2.85. The van der Waals surface area contributed by atoms with E-state index in [1.54, 1.807) is 0 Å². The highest BCUT2D eigenvalue weighted by Crippen LogP contribution is 2.23. The highest BCUT2D eigenvalue weighted by Gasteiger charge is 2.16. The van der Waals surface area contributed by atoms with Gasteiger partial charge in [0.2, 0.25) is 0 Å². The first-order valence-corrected chi connectivity index (χ1v) is 7.84. The number of benzene rings is 1. The normalized spacial score (nSPS) is 12.6. The average molecular weight is 355 g/mol. The Morgan fingerprint density at radius 2 is 2.10 bits per heavy atom. The molecule has 21 heavy (non-hydrogen) atoms. The molecule has 0 aliphatic heterocycles. The number of nitrogens with zero attached hydrogens (tertiary/aromatic N) is 2. The first kappa shape index (κ1) is 16.1. The molecule has 0 fully saturated rings. The van der Waals surface area contributed by atoms with Crippen molar-refractivity contribution in [2.75, 3.05) is 0 Å². The number of nitrogens with two attached hydrogens (primary N) is 1. The number of hydrogen-bond acceptors (Lipinski definition) is 3. The van der Waals surface area contributed by atoms with E-state index in [0.717, 1.165) is 29.9 Å². The van der Waals surface area contributed by atoms with Crippen LogP contribution in [0.15, 0.2) is 28.7 Å². The lowest BCUT2D eigenvalue weighted by Gasteiger charge is -2.17. The van der Waals surface area contributed by atoms with Gasteiger partial charge >= 0.3 is 0 Å². The van der Waals surface area contributed by atoms with Crippen molar-refractivity contribution < 1.29 is 4.39 Å². The molecule has 2 aromatic rings. The van der Waals surface area contributed by atoms with Crippen LogP contribution in [0.2, 0.25) is 0 Å². The van der Waals surface area contributed by atoms with E-state index in [0.29, 0.717) is 10.9 Å². The molecule has 0 bridgehead atoms. The minimum atomic E-state index is -0.280. The fourth-order valence-electron chi connectivity index (χ4n) is 2.38. The summed E-state index contributed by atoms with van der Waals surface area (Å²) in [5.41, 5.74) is 5.74. The lowest BCUT2D eigenvalue weighted by atomic mass is 10.0. The maximum Gasteiger partial charge on any atom is 0.124 e. The van der Waals surface area contributed by atoms with Crippen molar-refractivity contribution in [3.63, 3.8) is 0 Å². The number of aryl methyl sites for hydroxylation is 2. The minimum absolute atomic E-state index is 0.163. The van der Waals surface area contributed by atoms with Crippen LogP contribution < -0.4 is 11.3 Å². The lowest BCUT2D eigenvalue weighted by Crippen LogP contribution is -2.30. The van der Waals surface area contributed by atoms with E-state index >= 15 is 0 Å². The number of hydrogen-bond donors (Lipinski definition) is 2. The van der Waals surface area contributed by atoms with Gasteiger partial charge in [-0.3, -0.25) is 16.0 Å². The highest BCUT2D eigenvalue weighted by molar-refractivity contribution is 9.10. The van der Waals surface area contributed by atoms with E-state index < -0.39 is 0 Å². The van der Waals surface area contributed by atoms with Crippen LogP contribution in [0.25, 0.3) is 0 Å². The molecule has 0 radical (unpaired) electrons. The Hall–Kier alpha value is -1.24. The van der Waals surface area contributed by atoms with Crippen molar-refractivity contribution in [2.45, 2.75) is 39.3 Å². The molecule has 1 aromatic carbocycles. The van der Waals surface area contributed by atoms with Gasteiger partial charge in [0.15, 0.2) is 0 Å². The zero-order valence-electron chi connectivity index (χ0n) is 12.2. The Morgan fingerprint density at radius 3 is 2.67 bits per heavy atom. The summed E-state index contributed by atoms with van der Waals surface area (Å²) in [5.74, 6) is 5.39. The Balaban J connectivity index is 2.28. The van der Waals surface area contributed by atoms with Crippen molar-refractivity contribution in [2.24, 2.45) is 5.84 Å². The zero-order chi connectivity index (χ0) is 15.4. The van der Waals surface area contributed by atoms with Crippen LogP contribution in [0, 0.1) is 5.82 Å². The quantitative estimate of drug-likeness (QED) is 0.618. The first-order chi connectivity index (χ1) is 10.1. The smallest absolute Gasteiger partial charge is 0.124 e. The highest BCUT2D eigenvalue weighted by atomic mass is 79.9. The maximum absolute atomic E-state index is 13.6. The Morgan fingerprint density at radius 1 is 1.33 bits per heavy atom. The summed E-state index contributed by atoms with van der Waals surface area (Å²) in [7, 11) is 0. The summed E-state index contributed by atoms with van der Waals surface area (Å²) >= 11 is 3.31. The van der Waals surface area contributed by atoms with Gasteiger partial charge in [-0.1, -0.05) is 22.9 Å². The summed E-state index contributed by atoms with van der Waals surface area (Å²) in [6, 6.07) is 6.73. The molecule has 114 valence electrons. The number of aromatic nitrogens is 2. The molecule has 0 saturated carbocycles. The molecule has 0 aliphatic rings. The Kier molecular flexibility index (Phi) is 5.50. The van der Waals surface area contributed by atoms with Gasteiger partial charge in [0.05, 0.1) is 11.7 Å². The summed E-state index contributed by atoms with van der Waals surface area (Å²) in [6.07, 6.45) is 1.56. The second-order valence-electron chi connectivity index (χ2n) is 4.92. The van der Waals surface area contributed by atoms with Gasteiger partial charge in [-0.25, -0.2) is 4.39 Å². The predicted octanol–water partition coefficient (Wildman–Crippen LogP) is 3.11. The van der Waals surface area contributed by atoms with Gasteiger partial charge in [-0.05, 0) is 43.2 Å². The van der Waals surface area contributed by atoms with E-state index in [1.165, 1.54) is 12.1 Å². The van der Waals surface area contributed by atoms with Gasteiger partial charge < -0.3 is 0 Å². The van der Waals surface area contributed by atoms with Crippen LogP contribution in [0.1, 0.15) is 36.8 Å². The SMILES string of the molecule is CCc1cc(CC(NN)c2cc(F)cc(Br)c2)n(CC)n1. The Bertz CT molecular complexity index is 591. The molecule has 4 nitrogen and oxygen atoms in total. The van der Waals surface area contributed by atoms with Crippen LogP contribution in [0.3, 0.4) is 0 Å². The van der Waals surface area contributed by atoms with Crippen LogP contribution in [0.4, 0.5) is 4.39 Å². The molecule has 1 unspecified atom stereocenters. The largest absolute Gasteiger partial charge is 0.271 e. The molecule has 0 amide bonds. The molecule has 6 heteroatoms. The fraction of sp³-hybridized carbons (Fsp3) is 0.400. The third-order valence-electron chi connectivity index (χ3n) is 3.48. The van der Waals surface area contributed by atoms with Gasteiger partial charge in [0.25, 0.3) is 0 Å². The summed E-state index contributed by atoms with van der Waals surface area (Å²) in [5, 5.41) is 4.53. The molecule has 2 rings (SSSR count). The molecule has 0 spiro atoms. The van der Waals surface area contributed by atoms with Crippen LogP contribution in [0.5, 0.6) is 0 Å². The van der Waals surface area contributed by atoms with Crippen molar-refractivity contribution in [1.29, 1.82) is 0 Å². The van der Waals surface area contributed by atoms with E-state index in [2.05, 4.69) is 46.4 Å². The minimum Gasteiger partial charge on any atom is -0.271 e. The van der Waals surface area contributed by atoms with E-state index in [-0.39, 0.29) is 11.9 Å². The standard InChI is InChI=1S/C15H20BrFN4/c1-3-13-8-14(21(4-2)20-13)9-15(19-18)10-5-11(16)7-12(17)6-10/h5-8,15,19H,3-4,9,18H2,1-2H3. The van der Waals surface area contributed by atoms with Crippen LogP contribution >= 0.6 is 15.9 Å². The van der Waals surface area contributed by atoms with Gasteiger partial charge in [0, 0.05) is 23.1 Å². The fourth-order valence-corrected chi connectivity index (χ4v) is 2.87.